The van der Waals surface area contributed by atoms with Crippen molar-refractivity contribution < 1.29 is 0 Å². The third kappa shape index (κ3) is 7.40. The first-order valence-corrected chi connectivity index (χ1v) is 5.19. The zero-order valence-corrected chi connectivity index (χ0v) is 9.38. The average Bonchev–Trinajstić information content (AvgIpc) is 2.13. The topological polar surface area (TPSA) is 23.8 Å². The van der Waals surface area contributed by atoms with E-state index < -0.39 is 0 Å². The van der Waals surface area contributed by atoms with Crippen LogP contribution >= 0.6 is 0 Å². The van der Waals surface area contributed by atoms with Crippen LogP contribution in [0.1, 0.15) is 40.0 Å². The number of hydrogen-bond donors (Lipinski definition) is 0. The van der Waals surface area contributed by atoms with Crippen molar-refractivity contribution in [1.29, 1.82) is 5.26 Å². The molecule has 0 heterocycles. The third-order valence-corrected chi connectivity index (χ3v) is 1.66. The van der Waals surface area contributed by atoms with Gasteiger partial charge in [-0.25, -0.2) is 0 Å². The van der Waals surface area contributed by atoms with Gasteiger partial charge < -0.3 is 0 Å². The molecule has 0 bridgehead atoms. The summed E-state index contributed by atoms with van der Waals surface area (Å²) in [5.41, 5.74) is 4.34. The summed E-state index contributed by atoms with van der Waals surface area (Å²) in [5.74, 6) is 0.531. The van der Waals surface area contributed by atoms with Crippen molar-refractivity contribution in [3.63, 3.8) is 0 Å². The highest BCUT2D eigenvalue weighted by Crippen LogP contribution is 2.09. The molecule has 0 N–H and O–H groups in total. The number of hydrogen-bond acceptors (Lipinski definition) is 1. The molecule has 0 aromatic rings. The quantitative estimate of drug-likeness (QED) is 0.474. The Morgan fingerprint density at radius 3 is 2.64 bits per heavy atom. The van der Waals surface area contributed by atoms with E-state index in [1.165, 1.54) is 5.57 Å². The van der Waals surface area contributed by atoms with Crippen LogP contribution in [-0.4, -0.2) is 0 Å². The standard InChI is InChI=1S/C13H19N/c1-4-5-6-8-13(9-7-10-14)11-12(2)3/h5,8,11-12H,4,7,9H2,1-3H3/b13-11+. The summed E-state index contributed by atoms with van der Waals surface area (Å²) in [6, 6.07) is 2.16. The Bertz CT molecular complexity index is 270. The number of nitrogens with zero attached hydrogens (tertiary/aromatic N) is 1. The lowest BCUT2D eigenvalue weighted by Crippen LogP contribution is -1.84. The van der Waals surface area contributed by atoms with Gasteiger partial charge in [0.25, 0.3) is 0 Å². The van der Waals surface area contributed by atoms with Crippen LogP contribution in [0.4, 0.5) is 0 Å². The van der Waals surface area contributed by atoms with E-state index in [2.05, 4.69) is 38.6 Å². The summed E-state index contributed by atoms with van der Waals surface area (Å²) in [6.45, 7) is 6.37. The second kappa shape index (κ2) is 8.35. The predicted octanol–water partition coefficient (Wildman–Crippen LogP) is 3.99. The lowest BCUT2D eigenvalue weighted by molar-refractivity contribution is 0.814. The Labute approximate surface area is 87.4 Å². The largest absolute Gasteiger partial charge is 0.198 e. The van der Waals surface area contributed by atoms with Gasteiger partial charge in [-0.15, -0.1) is 5.73 Å². The Hall–Kier alpha value is -1.25. The lowest BCUT2D eigenvalue weighted by Gasteiger charge is -2.00. The van der Waals surface area contributed by atoms with Crippen LogP contribution in [0.5, 0.6) is 0 Å². The van der Waals surface area contributed by atoms with Crippen LogP contribution in [0.25, 0.3) is 0 Å². The normalized spacial score (nSPS) is 10.6. The molecule has 0 atom stereocenters. The van der Waals surface area contributed by atoms with Crippen LogP contribution in [0.2, 0.25) is 0 Å². The molecule has 1 heteroatoms. The van der Waals surface area contributed by atoms with E-state index in [9.17, 15) is 0 Å². The lowest BCUT2D eigenvalue weighted by atomic mass is 10.1. The summed E-state index contributed by atoms with van der Waals surface area (Å²) in [5, 5.41) is 8.50. The van der Waals surface area contributed by atoms with E-state index in [1.54, 1.807) is 0 Å². The number of allylic oxidation sites excluding steroid dienone is 3. The van der Waals surface area contributed by atoms with Crippen molar-refractivity contribution in [2.75, 3.05) is 0 Å². The van der Waals surface area contributed by atoms with E-state index in [4.69, 9.17) is 5.26 Å². The van der Waals surface area contributed by atoms with Crippen LogP contribution in [-0.2, 0) is 0 Å². The van der Waals surface area contributed by atoms with Crippen molar-refractivity contribution in [1.82, 2.24) is 0 Å². The maximum absolute atomic E-state index is 8.50. The minimum atomic E-state index is 0.531. The zero-order chi connectivity index (χ0) is 10.8. The summed E-state index contributed by atoms with van der Waals surface area (Å²) >= 11 is 0. The van der Waals surface area contributed by atoms with Gasteiger partial charge in [-0.2, -0.15) is 5.26 Å². The molecule has 14 heavy (non-hydrogen) atoms. The Morgan fingerprint density at radius 2 is 2.14 bits per heavy atom. The molecule has 1 nitrogen and oxygen atoms in total. The third-order valence-electron chi connectivity index (χ3n) is 1.66. The molecule has 0 saturated heterocycles. The van der Waals surface area contributed by atoms with E-state index >= 15 is 0 Å². The Morgan fingerprint density at radius 1 is 1.43 bits per heavy atom. The zero-order valence-electron chi connectivity index (χ0n) is 9.38. The maximum Gasteiger partial charge on any atom is 0.0625 e. The first kappa shape index (κ1) is 12.8. The molecule has 0 spiro atoms. The van der Waals surface area contributed by atoms with E-state index in [-0.39, 0.29) is 0 Å². The van der Waals surface area contributed by atoms with Crippen molar-refractivity contribution in [2.24, 2.45) is 5.92 Å². The van der Waals surface area contributed by atoms with Crippen molar-refractivity contribution >= 4 is 0 Å². The molecule has 76 valence electrons. The summed E-state index contributed by atoms with van der Waals surface area (Å²) in [6.07, 6.45) is 8.60. The molecule has 0 aromatic heterocycles. The molecule has 0 rings (SSSR count). The summed E-state index contributed by atoms with van der Waals surface area (Å²) < 4.78 is 0. The molecule has 0 saturated carbocycles. The van der Waals surface area contributed by atoms with Crippen LogP contribution in [0.3, 0.4) is 0 Å². The maximum atomic E-state index is 8.50. The molecule has 0 amide bonds. The second-order valence-corrected chi connectivity index (χ2v) is 3.57. The molecule has 0 aliphatic heterocycles. The first-order valence-electron chi connectivity index (χ1n) is 5.19. The molecule has 0 radical (unpaired) electrons. The fraction of sp³-hybridized carbons (Fsp3) is 0.538. The molecule has 0 fully saturated rings. The van der Waals surface area contributed by atoms with Gasteiger partial charge in [0, 0.05) is 6.42 Å². The Balaban J connectivity index is 4.41. The van der Waals surface area contributed by atoms with Gasteiger partial charge >= 0.3 is 0 Å². The van der Waals surface area contributed by atoms with Gasteiger partial charge in [-0.1, -0.05) is 26.8 Å². The highest BCUT2D eigenvalue weighted by Gasteiger charge is 1.94. The molecular weight excluding hydrogens is 170 g/mol. The van der Waals surface area contributed by atoms with Crippen LogP contribution in [0, 0.1) is 17.2 Å². The van der Waals surface area contributed by atoms with Gasteiger partial charge in [0.15, 0.2) is 0 Å². The van der Waals surface area contributed by atoms with Crippen LogP contribution < -0.4 is 0 Å². The molecular formula is C13H19N. The summed E-state index contributed by atoms with van der Waals surface area (Å²) in [4.78, 5) is 0. The van der Waals surface area contributed by atoms with Crippen LogP contribution in [0.15, 0.2) is 29.5 Å². The smallest absolute Gasteiger partial charge is 0.0625 e. The summed E-state index contributed by atoms with van der Waals surface area (Å²) in [7, 11) is 0. The van der Waals surface area contributed by atoms with E-state index in [1.807, 2.05) is 12.2 Å². The highest BCUT2D eigenvalue weighted by molar-refractivity contribution is 5.19. The van der Waals surface area contributed by atoms with E-state index in [0.717, 1.165) is 12.8 Å². The molecule has 0 aromatic carbocycles. The van der Waals surface area contributed by atoms with Crippen molar-refractivity contribution in [3.8, 4) is 6.07 Å². The fourth-order valence-corrected chi connectivity index (χ4v) is 1.12. The monoisotopic (exact) mass is 189 g/mol. The van der Waals surface area contributed by atoms with Gasteiger partial charge in [-0.3, -0.25) is 0 Å². The average molecular weight is 189 g/mol. The fourth-order valence-electron chi connectivity index (χ4n) is 1.12. The first-order chi connectivity index (χ1) is 6.70. The van der Waals surface area contributed by atoms with Crippen molar-refractivity contribution in [2.45, 2.75) is 40.0 Å². The molecule has 0 aliphatic carbocycles. The van der Waals surface area contributed by atoms with Gasteiger partial charge in [0.1, 0.15) is 0 Å². The van der Waals surface area contributed by atoms with Gasteiger partial charge in [0.2, 0.25) is 0 Å². The minimum absolute atomic E-state index is 0.531. The molecule has 0 unspecified atom stereocenters. The van der Waals surface area contributed by atoms with Crippen molar-refractivity contribution in [3.05, 3.63) is 29.5 Å². The minimum Gasteiger partial charge on any atom is -0.198 e. The Kier molecular flexibility index (Phi) is 7.61. The second-order valence-electron chi connectivity index (χ2n) is 3.57. The van der Waals surface area contributed by atoms with E-state index in [0.29, 0.717) is 12.3 Å². The number of nitriles is 1. The predicted molar refractivity (Wildman–Crippen MR) is 60.7 cm³/mol. The van der Waals surface area contributed by atoms with Gasteiger partial charge in [0.05, 0.1) is 6.07 Å². The SMILES string of the molecule is CCC=C=C/C(=C\C(C)C)CCC#N. The number of rotatable bonds is 5. The molecule has 0 aliphatic rings. The van der Waals surface area contributed by atoms with Gasteiger partial charge in [-0.05, 0) is 36.5 Å². The highest BCUT2D eigenvalue weighted by atomic mass is 14.2.